The summed E-state index contributed by atoms with van der Waals surface area (Å²) in [5.74, 6) is -4.27. The fourth-order valence-corrected chi connectivity index (χ4v) is 1.64. The number of nitrogens with zero attached hydrogens (tertiary/aromatic N) is 1. The van der Waals surface area contributed by atoms with Gasteiger partial charge in [0.05, 0.1) is 0 Å². The van der Waals surface area contributed by atoms with Crippen molar-refractivity contribution in [3.63, 3.8) is 0 Å². The molecular weight excluding hydrogens is 282 g/mol. The molecule has 0 saturated carbocycles. The minimum Gasteiger partial charge on any atom is -0.475 e. The molecule has 1 aromatic heterocycles. The molecule has 1 N–H and O–H groups in total. The van der Waals surface area contributed by atoms with Crippen LogP contribution in [0.25, 0.3) is 11.5 Å². The summed E-state index contributed by atoms with van der Waals surface area (Å²) in [7, 11) is 0. The van der Waals surface area contributed by atoms with E-state index in [2.05, 4.69) is 9.40 Å². The fourth-order valence-electron chi connectivity index (χ4n) is 1.64. The van der Waals surface area contributed by atoms with Gasteiger partial charge in [-0.3, -0.25) is 0 Å². The van der Waals surface area contributed by atoms with Crippen LogP contribution in [-0.2, 0) is 6.18 Å². The third-order valence-corrected chi connectivity index (χ3v) is 2.51. The van der Waals surface area contributed by atoms with Gasteiger partial charge < -0.3 is 9.52 Å². The number of aryl methyl sites for hydroxylation is 1. The Labute approximate surface area is 109 Å². The lowest BCUT2D eigenvalue weighted by atomic mass is 10.1. The Balaban J connectivity index is 2.62. The van der Waals surface area contributed by atoms with Crippen molar-refractivity contribution in [1.82, 2.24) is 4.98 Å². The molecule has 0 bridgehead atoms. The fraction of sp³-hybridized carbons (Fsp3) is 0.167. The van der Waals surface area contributed by atoms with Gasteiger partial charge in [-0.1, -0.05) is 0 Å². The summed E-state index contributed by atoms with van der Waals surface area (Å²) in [6.45, 7) is 1.44. The Morgan fingerprint density at radius 1 is 1.35 bits per heavy atom. The lowest BCUT2D eigenvalue weighted by molar-refractivity contribution is -0.141. The number of benzene rings is 1. The Morgan fingerprint density at radius 3 is 2.45 bits per heavy atom. The minimum absolute atomic E-state index is 0.0874. The van der Waals surface area contributed by atoms with E-state index in [9.17, 15) is 22.4 Å². The molecular formula is C12H7F4NO3. The summed E-state index contributed by atoms with van der Waals surface area (Å²) in [5.41, 5.74) is -1.26. The van der Waals surface area contributed by atoms with E-state index in [0.717, 1.165) is 12.1 Å². The van der Waals surface area contributed by atoms with Gasteiger partial charge in [0.25, 0.3) is 0 Å². The topological polar surface area (TPSA) is 63.3 Å². The van der Waals surface area contributed by atoms with Gasteiger partial charge in [0.1, 0.15) is 5.82 Å². The summed E-state index contributed by atoms with van der Waals surface area (Å²) in [4.78, 5) is 13.9. The molecule has 1 aromatic carbocycles. The molecule has 0 spiro atoms. The number of carboxylic acids is 1. The van der Waals surface area contributed by atoms with Crippen molar-refractivity contribution in [2.24, 2.45) is 0 Å². The summed E-state index contributed by atoms with van der Waals surface area (Å²) in [5, 5.41) is 8.71. The quantitative estimate of drug-likeness (QED) is 0.859. The number of hydrogen-bond acceptors (Lipinski definition) is 3. The first-order valence-corrected chi connectivity index (χ1v) is 5.28. The number of aromatic carboxylic acids is 1. The largest absolute Gasteiger partial charge is 0.475 e. The summed E-state index contributed by atoms with van der Waals surface area (Å²) in [6.07, 6.45) is -4.95. The van der Waals surface area contributed by atoms with Crippen LogP contribution in [0.2, 0.25) is 0 Å². The number of carbonyl (C=O) groups is 1. The Morgan fingerprint density at radius 2 is 2.00 bits per heavy atom. The third-order valence-electron chi connectivity index (χ3n) is 2.51. The molecule has 8 heteroatoms. The number of halogens is 4. The van der Waals surface area contributed by atoms with Gasteiger partial charge in [-0.15, -0.1) is 0 Å². The van der Waals surface area contributed by atoms with Gasteiger partial charge in [-0.2, -0.15) is 13.2 Å². The van der Waals surface area contributed by atoms with Crippen LogP contribution < -0.4 is 0 Å². The number of carboxylic acid groups (broad SMARTS) is 1. The molecule has 0 unspecified atom stereocenters. The number of oxazole rings is 1. The van der Waals surface area contributed by atoms with Gasteiger partial charge in [-0.25, -0.2) is 14.2 Å². The Bertz CT molecular complexity index is 676. The zero-order valence-corrected chi connectivity index (χ0v) is 9.95. The number of aromatic nitrogens is 1. The molecule has 106 valence electrons. The van der Waals surface area contributed by atoms with Crippen LogP contribution in [0.1, 0.15) is 21.8 Å². The van der Waals surface area contributed by atoms with Crippen LogP contribution in [0.3, 0.4) is 0 Å². The monoisotopic (exact) mass is 289 g/mol. The molecule has 20 heavy (non-hydrogen) atoms. The van der Waals surface area contributed by atoms with Crippen LogP contribution in [0.4, 0.5) is 17.6 Å². The van der Waals surface area contributed by atoms with Crippen molar-refractivity contribution < 1.29 is 31.9 Å². The maximum atomic E-state index is 12.9. The molecule has 0 radical (unpaired) electrons. The first-order chi connectivity index (χ1) is 9.20. The van der Waals surface area contributed by atoms with E-state index in [1.165, 1.54) is 13.0 Å². The molecule has 0 amide bonds. The lowest BCUT2D eigenvalue weighted by Gasteiger charge is -2.01. The molecule has 2 rings (SSSR count). The highest BCUT2D eigenvalue weighted by molar-refractivity contribution is 5.86. The van der Waals surface area contributed by atoms with Gasteiger partial charge >= 0.3 is 12.1 Å². The second kappa shape index (κ2) is 4.62. The van der Waals surface area contributed by atoms with E-state index in [-0.39, 0.29) is 11.1 Å². The second-order valence-electron chi connectivity index (χ2n) is 3.96. The van der Waals surface area contributed by atoms with Gasteiger partial charge in [0, 0.05) is 5.56 Å². The second-order valence-corrected chi connectivity index (χ2v) is 3.96. The summed E-state index contributed by atoms with van der Waals surface area (Å²) >= 11 is 0. The van der Waals surface area contributed by atoms with E-state index in [4.69, 9.17) is 5.11 Å². The number of hydrogen-bond donors (Lipinski definition) is 1. The lowest BCUT2D eigenvalue weighted by Crippen LogP contribution is -2.11. The van der Waals surface area contributed by atoms with E-state index in [1.807, 2.05) is 0 Å². The molecule has 1 heterocycles. The third kappa shape index (κ3) is 2.49. The number of rotatable bonds is 2. The maximum absolute atomic E-state index is 12.9. The molecule has 0 saturated heterocycles. The highest BCUT2D eigenvalue weighted by Crippen LogP contribution is 2.35. The van der Waals surface area contributed by atoms with Gasteiger partial charge in [0.15, 0.2) is 5.69 Å². The highest BCUT2D eigenvalue weighted by atomic mass is 19.4. The Hall–Kier alpha value is -2.38. The molecule has 0 fully saturated rings. The zero-order chi connectivity index (χ0) is 15.1. The van der Waals surface area contributed by atoms with Crippen molar-refractivity contribution in [3.8, 4) is 11.5 Å². The SMILES string of the molecule is Cc1cc(F)ccc1-c1nc(C(F)(F)F)c(C(=O)O)o1. The maximum Gasteiger partial charge on any atom is 0.437 e. The number of alkyl halides is 3. The van der Waals surface area contributed by atoms with Crippen molar-refractivity contribution in [2.75, 3.05) is 0 Å². The molecule has 0 aliphatic rings. The van der Waals surface area contributed by atoms with Crippen LogP contribution in [0.5, 0.6) is 0 Å². The van der Waals surface area contributed by atoms with Crippen LogP contribution in [0.15, 0.2) is 22.6 Å². The van der Waals surface area contributed by atoms with E-state index < -0.39 is 35.3 Å². The molecule has 0 aliphatic heterocycles. The van der Waals surface area contributed by atoms with E-state index in [1.54, 1.807) is 0 Å². The normalized spacial score (nSPS) is 11.7. The van der Waals surface area contributed by atoms with Gasteiger partial charge in [-0.05, 0) is 30.7 Å². The van der Waals surface area contributed by atoms with Crippen molar-refractivity contribution in [1.29, 1.82) is 0 Å². The van der Waals surface area contributed by atoms with Crippen molar-refractivity contribution >= 4 is 5.97 Å². The van der Waals surface area contributed by atoms with Crippen LogP contribution in [0, 0.1) is 12.7 Å². The predicted molar refractivity (Wildman–Crippen MR) is 58.6 cm³/mol. The molecule has 4 nitrogen and oxygen atoms in total. The Kier molecular flexibility index (Phi) is 3.24. The van der Waals surface area contributed by atoms with E-state index in [0.29, 0.717) is 0 Å². The zero-order valence-electron chi connectivity index (χ0n) is 9.95. The summed E-state index contributed by atoms with van der Waals surface area (Å²) < 4.78 is 55.6. The predicted octanol–water partition coefficient (Wildman–Crippen LogP) is 3.51. The molecule has 2 aromatic rings. The molecule has 0 aliphatic carbocycles. The van der Waals surface area contributed by atoms with Crippen LogP contribution >= 0.6 is 0 Å². The van der Waals surface area contributed by atoms with Crippen LogP contribution in [-0.4, -0.2) is 16.1 Å². The van der Waals surface area contributed by atoms with Gasteiger partial charge in [0.2, 0.25) is 11.7 Å². The first kappa shape index (κ1) is 14.0. The average molecular weight is 289 g/mol. The summed E-state index contributed by atoms with van der Waals surface area (Å²) in [6, 6.07) is 3.26. The highest BCUT2D eigenvalue weighted by Gasteiger charge is 2.41. The van der Waals surface area contributed by atoms with Crippen molar-refractivity contribution in [3.05, 3.63) is 41.0 Å². The molecule has 0 atom stereocenters. The van der Waals surface area contributed by atoms with E-state index >= 15 is 0 Å². The minimum atomic E-state index is -4.95. The standard InChI is InChI=1S/C12H7F4NO3/c1-5-4-6(13)2-3-7(5)10-17-9(12(14,15)16)8(20-10)11(18)19/h2-4H,1H3,(H,18,19). The van der Waals surface area contributed by atoms with Crippen molar-refractivity contribution in [2.45, 2.75) is 13.1 Å². The first-order valence-electron chi connectivity index (χ1n) is 5.28. The average Bonchev–Trinajstić information content (AvgIpc) is 2.73. The smallest absolute Gasteiger partial charge is 0.437 e.